The van der Waals surface area contributed by atoms with Gasteiger partial charge in [0.1, 0.15) is 0 Å². The SMILES string of the molecule is CC(=O)c1cc(CN2CCN(c3ccccc3)C(=O)C2)n(C)c1. The molecule has 5 heteroatoms. The minimum Gasteiger partial charge on any atom is -0.353 e. The fraction of sp³-hybridized carbons (Fsp3) is 0.333. The molecule has 0 saturated carbocycles. The first-order valence-electron chi connectivity index (χ1n) is 7.78. The molecule has 23 heavy (non-hydrogen) atoms. The van der Waals surface area contributed by atoms with Crippen molar-refractivity contribution in [3.63, 3.8) is 0 Å². The summed E-state index contributed by atoms with van der Waals surface area (Å²) in [6.07, 6.45) is 1.85. The van der Waals surface area contributed by atoms with E-state index in [1.165, 1.54) is 0 Å². The lowest BCUT2D eigenvalue weighted by molar-refractivity contribution is -0.121. The Morgan fingerprint density at radius 1 is 1.17 bits per heavy atom. The highest BCUT2D eigenvalue weighted by molar-refractivity contribution is 5.95. The van der Waals surface area contributed by atoms with Crippen molar-refractivity contribution >= 4 is 17.4 Å². The first-order valence-corrected chi connectivity index (χ1v) is 7.78. The average Bonchev–Trinajstić information content (AvgIpc) is 2.90. The number of Topliss-reactive ketones (excluding diaryl/α,β-unsaturated/α-hetero) is 1. The molecule has 2 heterocycles. The summed E-state index contributed by atoms with van der Waals surface area (Å²) >= 11 is 0. The summed E-state index contributed by atoms with van der Waals surface area (Å²) in [5, 5.41) is 0. The van der Waals surface area contributed by atoms with E-state index in [1.54, 1.807) is 6.92 Å². The topological polar surface area (TPSA) is 45.6 Å². The molecule has 0 aliphatic carbocycles. The first kappa shape index (κ1) is 15.5. The summed E-state index contributed by atoms with van der Waals surface area (Å²) < 4.78 is 1.96. The van der Waals surface area contributed by atoms with Crippen molar-refractivity contribution in [2.24, 2.45) is 7.05 Å². The van der Waals surface area contributed by atoms with Gasteiger partial charge in [-0.3, -0.25) is 14.5 Å². The minimum absolute atomic E-state index is 0.0665. The van der Waals surface area contributed by atoms with E-state index in [0.717, 1.165) is 23.5 Å². The van der Waals surface area contributed by atoms with Crippen LogP contribution in [0.5, 0.6) is 0 Å². The monoisotopic (exact) mass is 311 g/mol. The van der Waals surface area contributed by atoms with Gasteiger partial charge in [0, 0.05) is 49.8 Å². The maximum atomic E-state index is 12.4. The number of anilines is 1. The predicted molar refractivity (Wildman–Crippen MR) is 89.5 cm³/mol. The van der Waals surface area contributed by atoms with Gasteiger partial charge in [-0.1, -0.05) is 18.2 Å². The van der Waals surface area contributed by atoms with Crippen molar-refractivity contribution in [2.45, 2.75) is 13.5 Å². The lowest BCUT2D eigenvalue weighted by Gasteiger charge is -2.34. The van der Waals surface area contributed by atoms with Gasteiger partial charge < -0.3 is 9.47 Å². The molecule has 5 nitrogen and oxygen atoms in total. The molecular formula is C18H21N3O2. The number of carbonyl (C=O) groups is 2. The molecule has 1 aliphatic heterocycles. The molecule has 0 bridgehead atoms. The van der Waals surface area contributed by atoms with E-state index in [0.29, 0.717) is 19.6 Å². The van der Waals surface area contributed by atoms with Gasteiger partial charge >= 0.3 is 0 Å². The standard InChI is InChI=1S/C18H21N3O2/c1-14(22)15-10-17(19(2)11-15)12-20-8-9-21(18(23)13-20)16-6-4-3-5-7-16/h3-7,10-11H,8-9,12-13H2,1-2H3. The zero-order chi connectivity index (χ0) is 16.4. The van der Waals surface area contributed by atoms with Crippen molar-refractivity contribution < 1.29 is 9.59 Å². The minimum atomic E-state index is 0.0665. The second kappa shape index (κ2) is 6.38. The highest BCUT2D eigenvalue weighted by Crippen LogP contribution is 2.18. The van der Waals surface area contributed by atoms with Gasteiger partial charge in [0.05, 0.1) is 6.54 Å². The zero-order valence-corrected chi connectivity index (χ0v) is 13.5. The average molecular weight is 311 g/mol. The molecule has 0 unspecified atom stereocenters. The Bertz CT molecular complexity index is 721. The summed E-state index contributed by atoms with van der Waals surface area (Å²) in [6.45, 7) is 4.16. The molecule has 2 aromatic rings. The number of aryl methyl sites for hydroxylation is 1. The Hall–Kier alpha value is -2.40. The van der Waals surface area contributed by atoms with Crippen LogP contribution in [0, 0.1) is 0 Å². The Morgan fingerprint density at radius 3 is 2.52 bits per heavy atom. The molecule has 1 amide bonds. The van der Waals surface area contributed by atoms with Gasteiger partial charge in [0.15, 0.2) is 5.78 Å². The highest BCUT2D eigenvalue weighted by atomic mass is 16.2. The van der Waals surface area contributed by atoms with Crippen LogP contribution in [0.15, 0.2) is 42.6 Å². The van der Waals surface area contributed by atoms with Crippen LogP contribution in [0.2, 0.25) is 0 Å². The van der Waals surface area contributed by atoms with E-state index in [1.807, 2.05) is 59.1 Å². The smallest absolute Gasteiger partial charge is 0.241 e. The number of nitrogens with zero attached hydrogens (tertiary/aromatic N) is 3. The highest BCUT2D eigenvalue weighted by Gasteiger charge is 2.25. The molecule has 1 aromatic heterocycles. The van der Waals surface area contributed by atoms with Crippen LogP contribution in [0.25, 0.3) is 0 Å². The van der Waals surface area contributed by atoms with Crippen molar-refractivity contribution in [3.8, 4) is 0 Å². The molecule has 1 fully saturated rings. The molecule has 0 N–H and O–H groups in total. The third-order valence-corrected chi connectivity index (χ3v) is 4.27. The fourth-order valence-electron chi connectivity index (χ4n) is 2.93. The number of rotatable bonds is 4. The Kier molecular flexibility index (Phi) is 4.30. The number of hydrogen-bond donors (Lipinski definition) is 0. The Labute approximate surface area is 136 Å². The number of ketones is 1. The summed E-state index contributed by atoms with van der Waals surface area (Å²) in [4.78, 5) is 27.8. The first-order chi connectivity index (χ1) is 11.0. The van der Waals surface area contributed by atoms with Crippen LogP contribution in [-0.4, -0.2) is 40.8 Å². The summed E-state index contributed by atoms with van der Waals surface area (Å²) in [5.41, 5.74) is 2.72. The largest absolute Gasteiger partial charge is 0.353 e. The van der Waals surface area contributed by atoms with Gasteiger partial charge in [-0.2, -0.15) is 0 Å². The maximum absolute atomic E-state index is 12.4. The zero-order valence-electron chi connectivity index (χ0n) is 13.5. The van der Waals surface area contributed by atoms with E-state index in [4.69, 9.17) is 0 Å². The second-order valence-corrected chi connectivity index (χ2v) is 5.98. The number of amides is 1. The Morgan fingerprint density at radius 2 is 1.91 bits per heavy atom. The van der Waals surface area contributed by atoms with Crippen molar-refractivity contribution in [1.82, 2.24) is 9.47 Å². The number of para-hydroxylation sites is 1. The normalized spacial score (nSPS) is 15.9. The molecule has 1 saturated heterocycles. The molecular weight excluding hydrogens is 290 g/mol. The Balaban J connectivity index is 1.66. The molecule has 0 radical (unpaired) electrons. The quantitative estimate of drug-likeness (QED) is 0.812. The van der Waals surface area contributed by atoms with E-state index >= 15 is 0 Å². The lowest BCUT2D eigenvalue weighted by Crippen LogP contribution is -2.50. The van der Waals surface area contributed by atoms with Crippen LogP contribution in [0.4, 0.5) is 5.69 Å². The van der Waals surface area contributed by atoms with Gasteiger partial charge in [-0.05, 0) is 25.1 Å². The predicted octanol–water partition coefficient (Wildman–Crippen LogP) is 2.08. The van der Waals surface area contributed by atoms with Gasteiger partial charge in [-0.15, -0.1) is 0 Å². The number of benzene rings is 1. The second-order valence-electron chi connectivity index (χ2n) is 5.98. The van der Waals surface area contributed by atoms with Crippen LogP contribution < -0.4 is 4.90 Å². The van der Waals surface area contributed by atoms with Crippen molar-refractivity contribution in [2.75, 3.05) is 24.5 Å². The summed E-state index contributed by atoms with van der Waals surface area (Å²) in [7, 11) is 1.93. The molecule has 0 atom stereocenters. The molecule has 0 spiro atoms. The molecule has 1 aliphatic rings. The third kappa shape index (κ3) is 3.35. The molecule has 120 valence electrons. The molecule has 3 rings (SSSR count). The number of hydrogen-bond acceptors (Lipinski definition) is 3. The lowest BCUT2D eigenvalue weighted by atomic mass is 10.2. The third-order valence-electron chi connectivity index (χ3n) is 4.27. The maximum Gasteiger partial charge on any atom is 0.241 e. The number of piperazine rings is 1. The van der Waals surface area contributed by atoms with E-state index < -0.39 is 0 Å². The van der Waals surface area contributed by atoms with Gasteiger partial charge in [0.25, 0.3) is 0 Å². The summed E-state index contributed by atoms with van der Waals surface area (Å²) in [6, 6.07) is 11.7. The summed E-state index contributed by atoms with van der Waals surface area (Å²) in [5.74, 6) is 0.181. The van der Waals surface area contributed by atoms with Crippen LogP contribution in [-0.2, 0) is 18.4 Å². The van der Waals surface area contributed by atoms with E-state index in [-0.39, 0.29) is 11.7 Å². The van der Waals surface area contributed by atoms with Crippen molar-refractivity contribution in [3.05, 3.63) is 53.9 Å². The molecule has 1 aromatic carbocycles. The van der Waals surface area contributed by atoms with E-state index in [2.05, 4.69) is 4.90 Å². The van der Waals surface area contributed by atoms with Crippen LogP contribution in [0.3, 0.4) is 0 Å². The van der Waals surface area contributed by atoms with Crippen LogP contribution >= 0.6 is 0 Å². The van der Waals surface area contributed by atoms with Gasteiger partial charge in [-0.25, -0.2) is 0 Å². The number of aromatic nitrogens is 1. The van der Waals surface area contributed by atoms with Crippen LogP contribution in [0.1, 0.15) is 23.0 Å². The van der Waals surface area contributed by atoms with E-state index in [9.17, 15) is 9.59 Å². The number of carbonyl (C=O) groups excluding carboxylic acids is 2. The van der Waals surface area contributed by atoms with Crippen molar-refractivity contribution in [1.29, 1.82) is 0 Å². The van der Waals surface area contributed by atoms with Gasteiger partial charge in [0.2, 0.25) is 5.91 Å². The fourth-order valence-corrected chi connectivity index (χ4v) is 2.93.